The van der Waals surface area contributed by atoms with Gasteiger partial charge in [0, 0.05) is 24.5 Å². The molecule has 1 aliphatic heterocycles. The number of nitrogens with one attached hydrogen (secondary N) is 1. The number of amidine groups is 1. The van der Waals surface area contributed by atoms with Gasteiger partial charge in [0.2, 0.25) is 5.91 Å². The first kappa shape index (κ1) is 19.9. The maximum absolute atomic E-state index is 12.8. The van der Waals surface area contributed by atoms with Crippen LogP contribution in [0.1, 0.15) is 17.5 Å². The molecule has 1 saturated carbocycles. The minimum Gasteiger partial charge on any atom is -0.390 e. The number of amides is 1. The highest BCUT2D eigenvalue weighted by Crippen LogP contribution is 2.42. The van der Waals surface area contributed by atoms with Crippen LogP contribution in [0.3, 0.4) is 0 Å². The Labute approximate surface area is 164 Å². The standard InChI is InChI=1S/C20H27N3O3S/c1-5-6-23(4)19(26)14-10-15(24)17(25)16-18(14)27-20(22-16)21-13-8-11(2)7-12(3)9-13/h5,7-9,14-18,24-25H,1,6,10H2,2-4H3,(H,21,22)/t14-,15+,16-,17-,18+/m0/s1. The normalized spacial score (nSPS) is 29.7. The second-order valence-corrected chi connectivity index (χ2v) is 8.58. The maximum atomic E-state index is 12.8. The van der Waals surface area contributed by atoms with Crippen LogP contribution in [0.5, 0.6) is 0 Å². The van der Waals surface area contributed by atoms with Gasteiger partial charge in [-0.2, -0.15) is 0 Å². The molecule has 146 valence electrons. The van der Waals surface area contributed by atoms with E-state index in [1.807, 2.05) is 26.0 Å². The number of hydrogen-bond acceptors (Lipinski definition) is 6. The number of thioether (sulfide) groups is 1. The van der Waals surface area contributed by atoms with Crippen LogP contribution in [0.4, 0.5) is 5.69 Å². The van der Waals surface area contributed by atoms with Crippen LogP contribution in [0.25, 0.3) is 0 Å². The molecule has 1 amide bonds. The molecule has 27 heavy (non-hydrogen) atoms. The van der Waals surface area contributed by atoms with E-state index in [0.717, 1.165) is 16.8 Å². The summed E-state index contributed by atoms with van der Waals surface area (Å²) < 4.78 is 0. The minimum absolute atomic E-state index is 0.0498. The molecule has 1 aromatic carbocycles. The van der Waals surface area contributed by atoms with E-state index in [4.69, 9.17) is 0 Å². The molecule has 0 radical (unpaired) electrons. The summed E-state index contributed by atoms with van der Waals surface area (Å²) in [6.07, 6.45) is -0.00587. The molecule has 0 bridgehead atoms. The fourth-order valence-corrected chi connectivity index (χ4v) is 5.20. The molecule has 0 unspecified atom stereocenters. The summed E-state index contributed by atoms with van der Waals surface area (Å²) in [6.45, 7) is 8.19. The van der Waals surface area contributed by atoms with Crippen LogP contribution in [0.15, 0.2) is 35.8 Å². The highest BCUT2D eigenvalue weighted by molar-refractivity contribution is 8.15. The van der Waals surface area contributed by atoms with Crippen molar-refractivity contribution in [1.82, 2.24) is 4.90 Å². The van der Waals surface area contributed by atoms with Crippen LogP contribution in [-0.2, 0) is 4.79 Å². The number of nitrogens with zero attached hydrogens (tertiary/aromatic N) is 2. The van der Waals surface area contributed by atoms with Gasteiger partial charge in [-0.1, -0.05) is 23.9 Å². The lowest BCUT2D eigenvalue weighted by Gasteiger charge is -2.38. The van der Waals surface area contributed by atoms with Gasteiger partial charge >= 0.3 is 0 Å². The molecular formula is C20H27N3O3S. The molecule has 1 heterocycles. The lowest BCUT2D eigenvalue weighted by atomic mass is 9.80. The third-order valence-electron chi connectivity index (χ3n) is 5.06. The fourth-order valence-electron chi connectivity index (χ4n) is 3.83. The Morgan fingerprint density at radius 3 is 2.67 bits per heavy atom. The van der Waals surface area contributed by atoms with E-state index in [9.17, 15) is 15.0 Å². The van der Waals surface area contributed by atoms with Gasteiger partial charge < -0.3 is 20.4 Å². The lowest BCUT2D eigenvalue weighted by Crippen LogP contribution is -2.54. The van der Waals surface area contributed by atoms with Crippen molar-refractivity contribution in [3.05, 3.63) is 42.0 Å². The molecule has 6 nitrogen and oxygen atoms in total. The van der Waals surface area contributed by atoms with Gasteiger partial charge in [-0.3, -0.25) is 9.79 Å². The number of aliphatic imine (C=N–C) groups is 1. The Kier molecular flexibility index (Phi) is 5.93. The Morgan fingerprint density at radius 1 is 1.37 bits per heavy atom. The number of benzene rings is 1. The number of anilines is 1. The summed E-state index contributed by atoms with van der Waals surface area (Å²) >= 11 is 1.47. The van der Waals surface area contributed by atoms with Crippen molar-refractivity contribution < 1.29 is 15.0 Å². The predicted molar refractivity (Wildman–Crippen MR) is 110 cm³/mol. The summed E-state index contributed by atoms with van der Waals surface area (Å²) in [5, 5.41) is 24.5. The van der Waals surface area contributed by atoms with E-state index in [1.54, 1.807) is 18.0 Å². The Balaban J connectivity index is 1.80. The van der Waals surface area contributed by atoms with E-state index in [0.29, 0.717) is 11.7 Å². The molecule has 7 heteroatoms. The molecule has 0 spiro atoms. The topological polar surface area (TPSA) is 85.2 Å². The fraction of sp³-hybridized carbons (Fsp3) is 0.500. The third kappa shape index (κ3) is 4.20. The number of carbonyl (C=O) groups excluding carboxylic acids is 1. The largest absolute Gasteiger partial charge is 0.390 e. The molecule has 1 aliphatic carbocycles. The molecule has 1 aromatic rings. The number of aliphatic hydroxyl groups is 2. The van der Waals surface area contributed by atoms with Gasteiger partial charge in [-0.05, 0) is 43.5 Å². The number of aryl methyl sites for hydroxylation is 2. The monoisotopic (exact) mass is 389 g/mol. The third-order valence-corrected chi connectivity index (χ3v) is 6.37. The van der Waals surface area contributed by atoms with E-state index < -0.39 is 24.2 Å². The summed E-state index contributed by atoms with van der Waals surface area (Å²) in [4.78, 5) is 19.0. The molecule has 3 N–H and O–H groups in total. The van der Waals surface area contributed by atoms with Crippen molar-refractivity contribution in [2.45, 2.75) is 43.8 Å². The smallest absolute Gasteiger partial charge is 0.227 e. The zero-order chi connectivity index (χ0) is 19.7. The van der Waals surface area contributed by atoms with Crippen LogP contribution in [0.2, 0.25) is 0 Å². The van der Waals surface area contributed by atoms with Crippen molar-refractivity contribution >= 4 is 28.5 Å². The highest BCUT2D eigenvalue weighted by atomic mass is 32.2. The zero-order valence-corrected chi connectivity index (χ0v) is 16.7. The first-order valence-electron chi connectivity index (χ1n) is 9.12. The van der Waals surface area contributed by atoms with Crippen molar-refractivity contribution in [2.75, 3.05) is 18.9 Å². The summed E-state index contributed by atoms with van der Waals surface area (Å²) in [6, 6.07) is 5.66. The van der Waals surface area contributed by atoms with Gasteiger partial charge in [-0.15, -0.1) is 6.58 Å². The quantitative estimate of drug-likeness (QED) is 0.686. The van der Waals surface area contributed by atoms with E-state index in [1.165, 1.54) is 11.8 Å². The predicted octanol–water partition coefficient (Wildman–Crippen LogP) is 1.94. The Morgan fingerprint density at radius 2 is 2.04 bits per heavy atom. The molecule has 0 saturated heterocycles. The Bertz CT molecular complexity index is 747. The second-order valence-electron chi connectivity index (χ2n) is 7.42. The van der Waals surface area contributed by atoms with E-state index in [-0.39, 0.29) is 17.6 Å². The van der Waals surface area contributed by atoms with Gasteiger partial charge in [0.1, 0.15) is 6.10 Å². The number of rotatable bonds is 4. The van der Waals surface area contributed by atoms with Gasteiger partial charge in [0.15, 0.2) is 5.17 Å². The number of carbonyl (C=O) groups is 1. The first-order chi connectivity index (χ1) is 12.8. The molecule has 0 aromatic heterocycles. The average Bonchev–Trinajstić information content (AvgIpc) is 3.00. The number of aliphatic hydroxyl groups excluding tert-OH is 2. The molecule has 3 rings (SSSR count). The summed E-state index contributed by atoms with van der Waals surface area (Å²) in [5.41, 5.74) is 3.22. The molecular weight excluding hydrogens is 362 g/mol. The lowest BCUT2D eigenvalue weighted by molar-refractivity contribution is -0.138. The van der Waals surface area contributed by atoms with Crippen molar-refractivity contribution in [3.63, 3.8) is 0 Å². The minimum atomic E-state index is -0.963. The molecule has 2 aliphatic rings. The SMILES string of the molecule is C=CCN(C)C(=O)[C@H]1C[C@@H](O)[C@H](O)[C@@H]2N=C(Nc3cc(C)cc(C)c3)S[C@@H]21. The van der Waals surface area contributed by atoms with Crippen LogP contribution >= 0.6 is 11.8 Å². The molecule has 1 fully saturated rings. The van der Waals surface area contributed by atoms with Gasteiger partial charge in [0.05, 0.1) is 18.1 Å². The van der Waals surface area contributed by atoms with Crippen LogP contribution < -0.4 is 5.32 Å². The summed E-state index contributed by atoms with van der Waals surface area (Å²) in [7, 11) is 1.73. The van der Waals surface area contributed by atoms with Crippen molar-refractivity contribution in [2.24, 2.45) is 10.9 Å². The maximum Gasteiger partial charge on any atom is 0.227 e. The van der Waals surface area contributed by atoms with Gasteiger partial charge in [0.25, 0.3) is 0 Å². The first-order valence-corrected chi connectivity index (χ1v) is 10.00. The zero-order valence-electron chi connectivity index (χ0n) is 15.9. The Hall–Kier alpha value is -1.83. The van der Waals surface area contributed by atoms with E-state index in [2.05, 4.69) is 23.0 Å². The second kappa shape index (κ2) is 8.04. The number of hydrogen-bond donors (Lipinski definition) is 3. The van der Waals surface area contributed by atoms with Gasteiger partial charge in [-0.25, -0.2) is 0 Å². The number of fused-ring (bicyclic) bond motifs is 1. The highest BCUT2D eigenvalue weighted by Gasteiger charge is 2.50. The van der Waals surface area contributed by atoms with E-state index >= 15 is 0 Å². The molecule has 5 atom stereocenters. The van der Waals surface area contributed by atoms with Crippen LogP contribution in [0, 0.1) is 19.8 Å². The van der Waals surface area contributed by atoms with Crippen molar-refractivity contribution in [1.29, 1.82) is 0 Å². The van der Waals surface area contributed by atoms with Crippen molar-refractivity contribution in [3.8, 4) is 0 Å². The summed E-state index contributed by atoms with van der Waals surface area (Å²) in [5.74, 6) is -0.447. The van der Waals surface area contributed by atoms with Crippen LogP contribution in [-0.4, -0.2) is 63.3 Å². The average molecular weight is 390 g/mol. The number of likely N-dealkylation sites (N-methyl/N-ethyl adjacent to an activating group) is 1.